The van der Waals surface area contributed by atoms with Crippen LogP contribution in [0.25, 0.3) is 0 Å². The van der Waals surface area contributed by atoms with Gasteiger partial charge in [-0.25, -0.2) is 4.98 Å². The molecule has 1 atom stereocenters. The predicted octanol–water partition coefficient (Wildman–Crippen LogP) is 2.20. The number of fused-ring (bicyclic) bond motifs is 1. The molecule has 3 rings (SSSR count). The standard InChI is InChI=1S/C15H17N3O2/c1-10-8-17-14(20-10)9-18-15(19)12-6-7-16-13-5-3-2-4-11(12)13/h2-5,8,12,16H,6-7,9H2,1H3,(H,18,19). The van der Waals surface area contributed by atoms with Gasteiger partial charge in [-0.2, -0.15) is 0 Å². The number of benzene rings is 1. The first kappa shape index (κ1) is 12.7. The zero-order valence-corrected chi connectivity index (χ0v) is 11.3. The van der Waals surface area contributed by atoms with Gasteiger partial charge in [-0.05, 0) is 25.0 Å². The van der Waals surface area contributed by atoms with Gasteiger partial charge >= 0.3 is 0 Å². The lowest BCUT2D eigenvalue weighted by molar-refractivity contribution is -0.123. The molecular weight excluding hydrogens is 254 g/mol. The topological polar surface area (TPSA) is 67.2 Å². The Kier molecular flexibility index (Phi) is 3.41. The summed E-state index contributed by atoms with van der Waals surface area (Å²) >= 11 is 0. The zero-order valence-electron chi connectivity index (χ0n) is 11.3. The molecule has 20 heavy (non-hydrogen) atoms. The van der Waals surface area contributed by atoms with Crippen LogP contribution in [0.5, 0.6) is 0 Å². The van der Waals surface area contributed by atoms with Crippen LogP contribution >= 0.6 is 0 Å². The minimum atomic E-state index is -0.108. The number of para-hydroxylation sites is 1. The maximum atomic E-state index is 12.3. The molecule has 0 bridgehead atoms. The highest BCUT2D eigenvalue weighted by atomic mass is 16.4. The second kappa shape index (κ2) is 5.36. The van der Waals surface area contributed by atoms with Crippen LogP contribution in [0.4, 0.5) is 5.69 Å². The normalized spacial score (nSPS) is 17.1. The number of hydrogen-bond acceptors (Lipinski definition) is 4. The molecule has 1 aliphatic rings. The molecule has 2 N–H and O–H groups in total. The molecule has 5 nitrogen and oxygen atoms in total. The summed E-state index contributed by atoms with van der Waals surface area (Å²) < 4.78 is 5.35. The molecule has 0 saturated carbocycles. The zero-order chi connectivity index (χ0) is 13.9. The summed E-state index contributed by atoms with van der Waals surface area (Å²) in [5.74, 6) is 1.21. The molecule has 0 saturated heterocycles. The number of amides is 1. The summed E-state index contributed by atoms with van der Waals surface area (Å²) in [4.78, 5) is 16.4. The number of nitrogens with zero attached hydrogens (tertiary/aromatic N) is 1. The minimum Gasteiger partial charge on any atom is -0.444 e. The van der Waals surface area contributed by atoms with Crippen molar-refractivity contribution in [3.63, 3.8) is 0 Å². The molecule has 0 spiro atoms. The van der Waals surface area contributed by atoms with Crippen LogP contribution < -0.4 is 10.6 Å². The first-order valence-corrected chi connectivity index (χ1v) is 6.76. The van der Waals surface area contributed by atoms with Gasteiger partial charge in [0.1, 0.15) is 5.76 Å². The highest BCUT2D eigenvalue weighted by molar-refractivity contribution is 5.86. The number of aromatic nitrogens is 1. The van der Waals surface area contributed by atoms with Crippen molar-refractivity contribution >= 4 is 11.6 Å². The van der Waals surface area contributed by atoms with Crippen molar-refractivity contribution < 1.29 is 9.21 Å². The lowest BCUT2D eigenvalue weighted by Gasteiger charge is -2.25. The number of carbonyl (C=O) groups is 1. The summed E-state index contributed by atoms with van der Waals surface area (Å²) in [5, 5.41) is 6.21. The molecule has 104 valence electrons. The Morgan fingerprint density at radius 2 is 2.35 bits per heavy atom. The van der Waals surface area contributed by atoms with Gasteiger partial charge in [0.2, 0.25) is 11.8 Å². The fraction of sp³-hybridized carbons (Fsp3) is 0.333. The van der Waals surface area contributed by atoms with Gasteiger partial charge in [0.05, 0.1) is 18.7 Å². The molecule has 1 amide bonds. The third kappa shape index (κ3) is 2.52. The van der Waals surface area contributed by atoms with Crippen LogP contribution in [0.1, 0.15) is 29.6 Å². The van der Waals surface area contributed by atoms with Gasteiger partial charge in [-0.1, -0.05) is 18.2 Å². The fourth-order valence-corrected chi connectivity index (χ4v) is 2.51. The Hall–Kier alpha value is -2.30. The highest BCUT2D eigenvalue weighted by Gasteiger charge is 2.26. The molecule has 1 unspecified atom stereocenters. The second-order valence-corrected chi connectivity index (χ2v) is 4.94. The molecule has 1 aliphatic heterocycles. The third-order valence-corrected chi connectivity index (χ3v) is 3.48. The Labute approximate surface area is 117 Å². The van der Waals surface area contributed by atoms with Gasteiger partial charge in [0.25, 0.3) is 0 Å². The smallest absolute Gasteiger partial charge is 0.228 e. The summed E-state index contributed by atoms with van der Waals surface area (Å²) in [5.41, 5.74) is 2.10. The SMILES string of the molecule is Cc1cnc(CNC(=O)C2CCNc3ccccc32)o1. The third-order valence-electron chi connectivity index (χ3n) is 3.48. The molecule has 0 fully saturated rings. The number of anilines is 1. The van der Waals surface area contributed by atoms with E-state index in [1.165, 1.54) is 0 Å². The summed E-state index contributed by atoms with van der Waals surface area (Å²) in [6.07, 6.45) is 2.45. The van der Waals surface area contributed by atoms with Crippen molar-refractivity contribution in [2.24, 2.45) is 0 Å². The lowest BCUT2D eigenvalue weighted by atomic mass is 9.90. The van der Waals surface area contributed by atoms with Crippen LogP contribution in [-0.2, 0) is 11.3 Å². The summed E-state index contributed by atoms with van der Waals surface area (Å²) in [6.45, 7) is 2.98. The molecule has 2 aromatic rings. The van der Waals surface area contributed by atoms with Gasteiger partial charge in [0.15, 0.2) is 0 Å². The Balaban J connectivity index is 1.69. The highest BCUT2D eigenvalue weighted by Crippen LogP contribution is 2.31. The van der Waals surface area contributed by atoms with E-state index in [0.717, 1.165) is 30.0 Å². The van der Waals surface area contributed by atoms with Crippen molar-refractivity contribution in [1.82, 2.24) is 10.3 Å². The number of nitrogens with one attached hydrogen (secondary N) is 2. The van der Waals surface area contributed by atoms with Crippen molar-refractivity contribution in [1.29, 1.82) is 0 Å². The molecule has 0 radical (unpaired) electrons. The molecular formula is C15H17N3O2. The monoisotopic (exact) mass is 271 g/mol. The van der Waals surface area contributed by atoms with E-state index < -0.39 is 0 Å². The van der Waals surface area contributed by atoms with E-state index >= 15 is 0 Å². The second-order valence-electron chi connectivity index (χ2n) is 4.94. The fourth-order valence-electron chi connectivity index (χ4n) is 2.51. The molecule has 0 aliphatic carbocycles. The van der Waals surface area contributed by atoms with E-state index in [1.54, 1.807) is 6.20 Å². The maximum absolute atomic E-state index is 12.3. The molecule has 2 heterocycles. The van der Waals surface area contributed by atoms with E-state index in [4.69, 9.17) is 4.42 Å². The van der Waals surface area contributed by atoms with Crippen molar-refractivity contribution in [3.8, 4) is 0 Å². The van der Waals surface area contributed by atoms with Crippen LogP contribution in [0.3, 0.4) is 0 Å². The molecule has 5 heteroatoms. The number of rotatable bonds is 3. The van der Waals surface area contributed by atoms with E-state index in [2.05, 4.69) is 15.6 Å². The number of carbonyl (C=O) groups excluding carboxylic acids is 1. The Bertz CT molecular complexity index is 621. The quantitative estimate of drug-likeness (QED) is 0.898. The van der Waals surface area contributed by atoms with Gasteiger partial charge in [0, 0.05) is 12.2 Å². The summed E-state index contributed by atoms with van der Waals surface area (Å²) in [7, 11) is 0. The van der Waals surface area contributed by atoms with Gasteiger partial charge < -0.3 is 15.1 Å². The van der Waals surface area contributed by atoms with E-state index in [1.807, 2.05) is 31.2 Å². The van der Waals surface area contributed by atoms with E-state index in [-0.39, 0.29) is 11.8 Å². The van der Waals surface area contributed by atoms with Crippen molar-refractivity contribution in [2.75, 3.05) is 11.9 Å². The number of hydrogen-bond donors (Lipinski definition) is 2. The maximum Gasteiger partial charge on any atom is 0.228 e. The van der Waals surface area contributed by atoms with E-state index in [0.29, 0.717) is 12.4 Å². The van der Waals surface area contributed by atoms with Crippen LogP contribution in [0.2, 0.25) is 0 Å². The largest absolute Gasteiger partial charge is 0.444 e. The van der Waals surface area contributed by atoms with Gasteiger partial charge in [-0.15, -0.1) is 0 Å². The van der Waals surface area contributed by atoms with Crippen molar-refractivity contribution in [2.45, 2.75) is 25.8 Å². The number of aryl methyl sites for hydroxylation is 1. The average molecular weight is 271 g/mol. The van der Waals surface area contributed by atoms with Crippen LogP contribution in [-0.4, -0.2) is 17.4 Å². The first-order valence-electron chi connectivity index (χ1n) is 6.76. The minimum absolute atomic E-state index is 0.0230. The first-order chi connectivity index (χ1) is 9.74. The summed E-state index contributed by atoms with van der Waals surface area (Å²) in [6, 6.07) is 7.94. The number of oxazole rings is 1. The van der Waals surface area contributed by atoms with Crippen LogP contribution in [0, 0.1) is 6.92 Å². The van der Waals surface area contributed by atoms with Crippen molar-refractivity contribution in [3.05, 3.63) is 47.7 Å². The van der Waals surface area contributed by atoms with Gasteiger partial charge in [-0.3, -0.25) is 4.79 Å². The van der Waals surface area contributed by atoms with Crippen LogP contribution in [0.15, 0.2) is 34.9 Å². The predicted molar refractivity (Wildman–Crippen MR) is 75.4 cm³/mol. The Morgan fingerprint density at radius 3 is 3.15 bits per heavy atom. The molecule has 1 aromatic heterocycles. The molecule has 1 aromatic carbocycles. The Morgan fingerprint density at radius 1 is 1.50 bits per heavy atom. The van der Waals surface area contributed by atoms with E-state index in [9.17, 15) is 4.79 Å². The average Bonchev–Trinajstić information content (AvgIpc) is 2.90. The lowest BCUT2D eigenvalue weighted by Crippen LogP contribution is -2.32.